The van der Waals surface area contributed by atoms with Gasteiger partial charge in [-0.25, -0.2) is 26.3 Å². The fourth-order valence-corrected chi connectivity index (χ4v) is 8.00. The Morgan fingerprint density at radius 3 is 2.12 bits per heavy atom. The van der Waals surface area contributed by atoms with Crippen molar-refractivity contribution in [3.8, 4) is 0 Å². The van der Waals surface area contributed by atoms with Crippen molar-refractivity contribution in [2.24, 2.45) is 0 Å². The van der Waals surface area contributed by atoms with Crippen LogP contribution < -0.4 is 9.44 Å². The average Bonchev–Trinajstić information content (AvgIpc) is 3.17. The second kappa shape index (κ2) is 8.03. The van der Waals surface area contributed by atoms with Crippen molar-refractivity contribution in [1.29, 1.82) is 0 Å². The van der Waals surface area contributed by atoms with Gasteiger partial charge in [0.1, 0.15) is 0 Å². The van der Waals surface area contributed by atoms with Crippen LogP contribution in [0.3, 0.4) is 0 Å². The third kappa shape index (κ3) is 3.60. The molecule has 0 fully saturated rings. The van der Waals surface area contributed by atoms with Crippen molar-refractivity contribution in [2.45, 2.75) is 23.6 Å². The molecule has 0 saturated carbocycles. The van der Waals surface area contributed by atoms with E-state index in [2.05, 4.69) is 9.44 Å². The van der Waals surface area contributed by atoms with Gasteiger partial charge in [-0.3, -0.25) is 0 Å². The summed E-state index contributed by atoms with van der Waals surface area (Å²) in [7, 11) is -7.27. The average molecular weight is 499 g/mol. The maximum atomic E-state index is 13.0. The zero-order valence-electron chi connectivity index (χ0n) is 18.0. The van der Waals surface area contributed by atoms with Crippen LogP contribution in [0, 0.1) is 0 Å². The van der Waals surface area contributed by atoms with E-state index in [0.717, 1.165) is 36.3 Å². The molecule has 0 spiro atoms. The lowest BCUT2D eigenvalue weighted by molar-refractivity contribution is 0.582. The largest absolute Gasteiger partial charge is 0.241 e. The molecule has 6 nitrogen and oxygen atoms in total. The van der Waals surface area contributed by atoms with Gasteiger partial charge in [0.25, 0.3) is 0 Å². The van der Waals surface area contributed by atoms with Crippen LogP contribution >= 0.6 is 11.3 Å². The SMILES string of the molecule is CCNS(=O)(=O)c1ccc2ccc3c(sc4cc(S(=O)(=O)NCC)c5ccccc5c43)c2c1. The summed E-state index contributed by atoms with van der Waals surface area (Å²) in [5.74, 6) is 0. The monoisotopic (exact) mass is 498 g/mol. The lowest BCUT2D eigenvalue weighted by atomic mass is 10.0. The van der Waals surface area contributed by atoms with E-state index in [9.17, 15) is 16.8 Å². The van der Waals surface area contributed by atoms with E-state index in [1.165, 1.54) is 11.3 Å². The summed E-state index contributed by atoms with van der Waals surface area (Å²) in [6.45, 7) is 4.10. The highest BCUT2D eigenvalue weighted by Crippen LogP contribution is 2.43. The van der Waals surface area contributed by atoms with Crippen molar-refractivity contribution in [2.75, 3.05) is 13.1 Å². The van der Waals surface area contributed by atoms with E-state index in [0.29, 0.717) is 18.5 Å². The standard InChI is InChI=1S/C24H22N2O4S3/c1-3-25-32(27,28)16-11-9-15-10-12-19-23-18-8-6-5-7-17(18)22(33(29,30)26-4-2)14-21(23)31-24(19)20(15)13-16/h5-14,25-26H,3-4H2,1-2H3. The van der Waals surface area contributed by atoms with E-state index in [1.807, 2.05) is 42.5 Å². The smallest absolute Gasteiger partial charge is 0.211 e. The number of benzene rings is 4. The number of hydrogen-bond acceptors (Lipinski definition) is 5. The minimum atomic E-state index is -3.67. The molecule has 5 aromatic rings. The third-order valence-corrected chi connectivity index (χ3v) is 9.98. The Bertz CT molecular complexity index is 1770. The molecule has 0 amide bonds. The minimum absolute atomic E-state index is 0.210. The normalized spacial score (nSPS) is 12.9. The van der Waals surface area contributed by atoms with Crippen LogP contribution in [0.1, 0.15) is 13.8 Å². The number of sulfonamides is 2. The Labute approximate surface area is 196 Å². The predicted octanol–water partition coefficient (Wildman–Crippen LogP) is 4.96. The summed E-state index contributed by atoms with van der Waals surface area (Å²) in [6.07, 6.45) is 0. The first kappa shape index (κ1) is 22.2. The molecule has 0 radical (unpaired) electrons. The first-order valence-corrected chi connectivity index (χ1v) is 14.3. The first-order valence-electron chi connectivity index (χ1n) is 10.6. The van der Waals surface area contributed by atoms with Gasteiger partial charge in [0.15, 0.2) is 0 Å². The Kier molecular flexibility index (Phi) is 5.42. The number of rotatable bonds is 6. The first-order chi connectivity index (χ1) is 15.8. The van der Waals surface area contributed by atoms with E-state index in [1.54, 1.807) is 32.0 Å². The number of fused-ring (bicyclic) bond motifs is 7. The molecule has 2 N–H and O–H groups in total. The van der Waals surface area contributed by atoms with Gasteiger partial charge in [-0.15, -0.1) is 11.3 Å². The van der Waals surface area contributed by atoms with Crippen molar-refractivity contribution in [3.63, 3.8) is 0 Å². The second-order valence-electron chi connectivity index (χ2n) is 7.72. The van der Waals surface area contributed by atoms with Crippen LogP contribution in [0.2, 0.25) is 0 Å². The number of nitrogens with one attached hydrogen (secondary N) is 2. The second-order valence-corrected chi connectivity index (χ2v) is 12.3. The fourth-order valence-electron chi connectivity index (χ4n) is 4.29. The Balaban J connectivity index is 1.90. The van der Waals surface area contributed by atoms with E-state index in [4.69, 9.17) is 0 Å². The van der Waals surface area contributed by atoms with Gasteiger partial charge in [-0.05, 0) is 29.0 Å². The van der Waals surface area contributed by atoms with Crippen LogP contribution in [0.25, 0.3) is 41.7 Å². The molecule has 0 unspecified atom stereocenters. The van der Waals surface area contributed by atoms with E-state index >= 15 is 0 Å². The molecule has 0 aliphatic heterocycles. The molecule has 5 rings (SSSR count). The highest BCUT2D eigenvalue weighted by molar-refractivity contribution is 7.90. The topological polar surface area (TPSA) is 92.3 Å². The van der Waals surface area contributed by atoms with E-state index in [-0.39, 0.29) is 9.79 Å². The summed E-state index contributed by atoms with van der Waals surface area (Å²) < 4.78 is 58.0. The van der Waals surface area contributed by atoms with Crippen LogP contribution in [0.4, 0.5) is 0 Å². The predicted molar refractivity (Wildman–Crippen MR) is 136 cm³/mol. The maximum Gasteiger partial charge on any atom is 0.241 e. The van der Waals surface area contributed by atoms with Gasteiger partial charge in [-0.1, -0.05) is 56.3 Å². The lowest BCUT2D eigenvalue weighted by Gasteiger charge is -2.10. The summed E-state index contributed by atoms with van der Waals surface area (Å²) >= 11 is 1.48. The van der Waals surface area contributed by atoms with Crippen LogP contribution in [-0.4, -0.2) is 29.9 Å². The van der Waals surface area contributed by atoms with Crippen molar-refractivity contribution in [3.05, 3.63) is 60.7 Å². The molecule has 33 heavy (non-hydrogen) atoms. The van der Waals surface area contributed by atoms with Gasteiger partial charge in [-0.2, -0.15) is 0 Å². The van der Waals surface area contributed by atoms with Crippen LogP contribution in [0.15, 0.2) is 70.5 Å². The Morgan fingerprint density at radius 2 is 1.39 bits per heavy atom. The highest BCUT2D eigenvalue weighted by atomic mass is 32.2. The number of hydrogen-bond donors (Lipinski definition) is 2. The van der Waals surface area contributed by atoms with Crippen LogP contribution in [0.5, 0.6) is 0 Å². The molecular formula is C24H22N2O4S3. The summed E-state index contributed by atoms with van der Waals surface area (Å²) in [5.41, 5.74) is 0. The maximum absolute atomic E-state index is 13.0. The molecule has 0 aliphatic carbocycles. The Hall–Kier alpha value is -2.56. The van der Waals surface area contributed by atoms with Crippen molar-refractivity contribution >= 4 is 73.1 Å². The van der Waals surface area contributed by atoms with Gasteiger partial charge in [0.2, 0.25) is 20.0 Å². The Morgan fingerprint density at radius 1 is 0.727 bits per heavy atom. The fraction of sp³-hybridized carbons (Fsp3) is 0.167. The summed E-state index contributed by atoms with van der Waals surface area (Å²) in [4.78, 5) is 0.459. The molecule has 0 atom stereocenters. The molecule has 170 valence electrons. The van der Waals surface area contributed by atoms with Gasteiger partial charge < -0.3 is 0 Å². The highest BCUT2D eigenvalue weighted by Gasteiger charge is 2.21. The minimum Gasteiger partial charge on any atom is -0.211 e. The molecule has 1 heterocycles. The van der Waals surface area contributed by atoms with Crippen LogP contribution in [-0.2, 0) is 20.0 Å². The third-order valence-electron chi connectivity index (χ3n) is 5.66. The molecule has 9 heteroatoms. The quantitative estimate of drug-likeness (QED) is 0.346. The molecule has 0 aliphatic rings. The number of thiophene rings is 1. The van der Waals surface area contributed by atoms with Gasteiger partial charge >= 0.3 is 0 Å². The van der Waals surface area contributed by atoms with Crippen molar-refractivity contribution < 1.29 is 16.8 Å². The molecule has 0 saturated heterocycles. The van der Waals surface area contributed by atoms with Gasteiger partial charge in [0, 0.05) is 44.0 Å². The summed E-state index contributed by atoms with van der Waals surface area (Å²) in [5, 5.41) is 5.22. The van der Waals surface area contributed by atoms with Gasteiger partial charge in [0.05, 0.1) is 9.79 Å². The summed E-state index contributed by atoms with van der Waals surface area (Å²) in [6, 6.07) is 18.3. The molecule has 0 bridgehead atoms. The molecule has 4 aromatic carbocycles. The zero-order valence-corrected chi connectivity index (χ0v) is 20.5. The zero-order chi connectivity index (χ0) is 23.4. The molecular weight excluding hydrogens is 476 g/mol. The van der Waals surface area contributed by atoms with Crippen molar-refractivity contribution in [1.82, 2.24) is 9.44 Å². The lowest BCUT2D eigenvalue weighted by Crippen LogP contribution is -2.23. The van der Waals surface area contributed by atoms with E-state index < -0.39 is 20.0 Å². The molecule has 1 aromatic heterocycles.